The summed E-state index contributed by atoms with van der Waals surface area (Å²) in [6.07, 6.45) is 0.738. The summed E-state index contributed by atoms with van der Waals surface area (Å²) in [5, 5.41) is 3.34. The summed E-state index contributed by atoms with van der Waals surface area (Å²) in [7, 11) is 0. The second kappa shape index (κ2) is 4.16. The quantitative estimate of drug-likeness (QED) is 0.345. The first-order chi connectivity index (χ1) is 8.79. The van der Waals surface area contributed by atoms with E-state index < -0.39 is 0 Å². The Hall–Kier alpha value is -2.33. The van der Waals surface area contributed by atoms with Gasteiger partial charge in [-0.05, 0) is 29.3 Å². The Morgan fingerprint density at radius 3 is 2.72 bits per heavy atom. The van der Waals surface area contributed by atoms with Crippen LogP contribution in [0.3, 0.4) is 0 Å². The first kappa shape index (κ1) is 10.8. The van der Waals surface area contributed by atoms with Gasteiger partial charge in [0.05, 0.1) is 0 Å². The van der Waals surface area contributed by atoms with Gasteiger partial charge in [0.25, 0.3) is 5.91 Å². The fourth-order valence-corrected chi connectivity index (χ4v) is 2.32. The van der Waals surface area contributed by atoms with Crippen molar-refractivity contribution in [2.24, 2.45) is 5.84 Å². The Morgan fingerprint density at radius 2 is 1.89 bits per heavy atom. The van der Waals surface area contributed by atoms with Crippen LogP contribution >= 0.6 is 0 Å². The highest BCUT2D eigenvalue weighted by atomic mass is 16.2. The topological polar surface area (TPSA) is 67.1 Å². The van der Waals surface area contributed by atoms with Crippen molar-refractivity contribution in [2.75, 3.05) is 5.32 Å². The Kier molecular flexibility index (Phi) is 2.50. The molecule has 18 heavy (non-hydrogen) atoms. The number of hydrogen-bond acceptors (Lipinski definition) is 3. The van der Waals surface area contributed by atoms with E-state index in [1.165, 1.54) is 5.56 Å². The molecule has 2 aromatic carbocycles. The van der Waals surface area contributed by atoms with E-state index in [1.807, 2.05) is 30.3 Å². The molecule has 90 valence electrons. The first-order valence-electron chi connectivity index (χ1n) is 5.77. The van der Waals surface area contributed by atoms with Crippen LogP contribution in [0.1, 0.15) is 21.5 Å². The zero-order valence-corrected chi connectivity index (χ0v) is 9.73. The largest absolute Gasteiger partial charge is 0.355 e. The molecule has 2 aromatic rings. The summed E-state index contributed by atoms with van der Waals surface area (Å²) in [4.78, 5) is 11.7. The molecule has 4 heteroatoms. The predicted octanol–water partition coefficient (Wildman–Crippen LogP) is 1.94. The third-order valence-electron chi connectivity index (χ3n) is 3.21. The molecule has 0 bridgehead atoms. The summed E-state index contributed by atoms with van der Waals surface area (Å²) in [6, 6.07) is 13.7. The lowest BCUT2D eigenvalue weighted by atomic mass is 9.93. The molecule has 0 radical (unpaired) electrons. The van der Waals surface area contributed by atoms with Gasteiger partial charge in [-0.25, -0.2) is 5.84 Å². The molecule has 0 aliphatic carbocycles. The molecule has 0 fully saturated rings. The minimum Gasteiger partial charge on any atom is -0.355 e. The summed E-state index contributed by atoms with van der Waals surface area (Å²) >= 11 is 0. The van der Waals surface area contributed by atoms with Gasteiger partial charge < -0.3 is 5.32 Å². The van der Waals surface area contributed by atoms with E-state index in [9.17, 15) is 4.79 Å². The third kappa shape index (κ3) is 1.63. The van der Waals surface area contributed by atoms with Crippen LogP contribution in [0.2, 0.25) is 0 Å². The molecule has 1 aliphatic heterocycles. The number of benzene rings is 2. The molecule has 3 rings (SSSR count). The van der Waals surface area contributed by atoms with Crippen LogP contribution in [0, 0.1) is 0 Å². The molecule has 1 amide bonds. The molecule has 1 heterocycles. The molecule has 0 saturated carbocycles. The highest BCUT2D eigenvalue weighted by molar-refractivity contribution is 5.97. The van der Waals surface area contributed by atoms with Crippen LogP contribution < -0.4 is 16.6 Å². The molecule has 0 aromatic heterocycles. The summed E-state index contributed by atoms with van der Waals surface area (Å²) in [6.45, 7) is 0. The minimum atomic E-state index is -0.256. The highest BCUT2D eigenvalue weighted by Crippen LogP contribution is 2.34. The smallest absolute Gasteiger partial charge is 0.265 e. The van der Waals surface area contributed by atoms with Gasteiger partial charge in [-0.3, -0.25) is 10.2 Å². The number of carbonyl (C=O) groups is 1. The number of rotatable bonds is 1. The molecule has 4 N–H and O–H groups in total. The van der Waals surface area contributed by atoms with Gasteiger partial charge in [-0.2, -0.15) is 0 Å². The van der Waals surface area contributed by atoms with Crippen molar-refractivity contribution >= 4 is 17.3 Å². The number of hydrazine groups is 1. The molecule has 1 aliphatic rings. The molecular formula is C14H13N3O. The van der Waals surface area contributed by atoms with Crippen molar-refractivity contribution in [3.05, 3.63) is 59.2 Å². The van der Waals surface area contributed by atoms with Crippen molar-refractivity contribution in [1.29, 1.82) is 0 Å². The lowest BCUT2D eigenvalue weighted by molar-refractivity contribution is 0.0953. The second-order valence-electron chi connectivity index (χ2n) is 4.26. The van der Waals surface area contributed by atoms with E-state index in [1.54, 1.807) is 6.07 Å². The Morgan fingerprint density at radius 1 is 1.11 bits per heavy atom. The van der Waals surface area contributed by atoms with Crippen LogP contribution in [0.4, 0.5) is 11.4 Å². The van der Waals surface area contributed by atoms with Crippen LogP contribution in [-0.2, 0) is 6.42 Å². The number of hydrogen-bond donors (Lipinski definition) is 3. The number of nitrogens with two attached hydrogens (primary N) is 1. The van der Waals surface area contributed by atoms with Gasteiger partial charge in [0, 0.05) is 23.4 Å². The highest BCUT2D eigenvalue weighted by Gasteiger charge is 2.19. The Balaban J connectivity index is 2.10. The standard InChI is InChI=1S/C14H13N3O/c15-17-14(18)10-5-3-7-13-11(10)8-9-4-1-2-6-12(9)16-13/h1-7,16H,8,15H2,(H,17,18). The lowest BCUT2D eigenvalue weighted by Gasteiger charge is -2.23. The minimum absolute atomic E-state index is 0.256. The van der Waals surface area contributed by atoms with Crippen molar-refractivity contribution < 1.29 is 4.79 Å². The maximum absolute atomic E-state index is 11.7. The van der Waals surface area contributed by atoms with E-state index in [0.29, 0.717) is 5.56 Å². The number of amides is 1. The van der Waals surface area contributed by atoms with Crippen molar-refractivity contribution in [3.8, 4) is 0 Å². The van der Waals surface area contributed by atoms with E-state index in [4.69, 9.17) is 5.84 Å². The maximum atomic E-state index is 11.7. The molecule has 0 spiro atoms. The fourth-order valence-electron chi connectivity index (χ4n) is 2.32. The van der Waals surface area contributed by atoms with Crippen molar-refractivity contribution in [3.63, 3.8) is 0 Å². The van der Waals surface area contributed by atoms with Crippen LogP contribution in [-0.4, -0.2) is 5.91 Å². The first-order valence-corrected chi connectivity index (χ1v) is 5.77. The van der Waals surface area contributed by atoms with Gasteiger partial charge >= 0.3 is 0 Å². The van der Waals surface area contributed by atoms with Crippen LogP contribution in [0.5, 0.6) is 0 Å². The number of fused-ring (bicyclic) bond motifs is 2. The molecule has 0 atom stereocenters. The average Bonchev–Trinajstić information content (AvgIpc) is 2.43. The zero-order chi connectivity index (χ0) is 12.5. The monoisotopic (exact) mass is 239 g/mol. The maximum Gasteiger partial charge on any atom is 0.265 e. The van der Waals surface area contributed by atoms with Crippen LogP contribution in [0.15, 0.2) is 42.5 Å². The van der Waals surface area contributed by atoms with Gasteiger partial charge in [0.2, 0.25) is 0 Å². The number of nitrogen functional groups attached to an aromatic ring is 1. The summed E-state index contributed by atoms with van der Waals surface area (Å²) < 4.78 is 0. The van der Waals surface area contributed by atoms with Crippen LogP contribution in [0.25, 0.3) is 0 Å². The Labute approximate surface area is 105 Å². The third-order valence-corrected chi connectivity index (χ3v) is 3.21. The fraction of sp³-hybridized carbons (Fsp3) is 0.0714. The van der Waals surface area contributed by atoms with Gasteiger partial charge in [-0.1, -0.05) is 24.3 Å². The van der Waals surface area contributed by atoms with Gasteiger partial charge in [-0.15, -0.1) is 0 Å². The summed E-state index contributed by atoms with van der Waals surface area (Å²) in [5.74, 6) is 4.96. The number of para-hydroxylation sites is 1. The van der Waals surface area contributed by atoms with E-state index >= 15 is 0 Å². The van der Waals surface area contributed by atoms with E-state index in [0.717, 1.165) is 23.4 Å². The molecular weight excluding hydrogens is 226 g/mol. The molecule has 0 saturated heterocycles. The Bertz CT molecular complexity index is 622. The van der Waals surface area contributed by atoms with Gasteiger partial charge in [0.1, 0.15) is 0 Å². The normalized spacial score (nSPS) is 12.1. The number of carbonyl (C=O) groups excluding carboxylic acids is 1. The van der Waals surface area contributed by atoms with Crippen molar-refractivity contribution in [1.82, 2.24) is 5.43 Å². The predicted molar refractivity (Wildman–Crippen MR) is 70.6 cm³/mol. The van der Waals surface area contributed by atoms with E-state index in [2.05, 4.69) is 16.8 Å². The molecule has 4 nitrogen and oxygen atoms in total. The lowest BCUT2D eigenvalue weighted by Crippen LogP contribution is -2.31. The molecule has 0 unspecified atom stereocenters. The zero-order valence-electron chi connectivity index (χ0n) is 9.73. The van der Waals surface area contributed by atoms with Gasteiger partial charge in [0.15, 0.2) is 0 Å². The average molecular weight is 239 g/mol. The van der Waals surface area contributed by atoms with E-state index in [-0.39, 0.29) is 5.91 Å². The number of anilines is 2. The van der Waals surface area contributed by atoms with Crippen molar-refractivity contribution in [2.45, 2.75) is 6.42 Å². The number of nitrogens with one attached hydrogen (secondary N) is 2. The SMILES string of the molecule is NNC(=O)c1cccc2c1Cc1ccccc1N2. The summed E-state index contributed by atoms with van der Waals surface area (Å²) in [5.41, 5.74) is 7.04. The second-order valence-corrected chi connectivity index (χ2v) is 4.26.